The summed E-state index contributed by atoms with van der Waals surface area (Å²) < 4.78 is 13.0. The predicted octanol–water partition coefficient (Wildman–Crippen LogP) is 6.41. The van der Waals surface area contributed by atoms with Gasteiger partial charge in [-0.15, -0.1) is 0 Å². The Morgan fingerprint density at radius 3 is 2.82 bits per heavy atom. The predicted molar refractivity (Wildman–Crippen MR) is 150 cm³/mol. The maximum Gasteiger partial charge on any atom is 0.301 e. The molecule has 2 aliphatic heterocycles. The number of amides is 1. The zero-order valence-corrected chi connectivity index (χ0v) is 23.0. The maximum absolute atomic E-state index is 13.5. The molecule has 0 aliphatic carbocycles. The molecule has 6 rings (SSSR count). The van der Waals surface area contributed by atoms with Crippen LogP contribution in [0.5, 0.6) is 11.5 Å². The van der Waals surface area contributed by atoms with Crippen LogP contribution in [-0.2, 0) is 16.0 Å². The molecule has 2 atom stereocenters. The van der Waals surface area contributed by atoms with E-state index in [1.807, 2.05) is 62.4 Å². The van der Waals surface area contributed by atoms with Gasteiger partial charge in [0.05, 0.1) is 28.4 Å². The number of rotatable bonds is 5. The molecule has 0 radical (unpaired) electrons. The second-order valence-electron chi connectivity index (χ2n) is 9.24. The lowest BCUT2D eigenvalue weighted by Gasteiger charge is -2.23. The molecular weight excluding hydrogens is 568 g/mol. The Labute approximate surface area is 231 Å². The first-order chi connectivity index (χ1) is 18.3. The fraction of sp³-hybridized carbons (Fsp3) is 0.207. The number of nitrogens with zero attached hydrogens (tertiary/aromatic N) is 2. The van der Waals surface area contributed by atoms with Crippen molar-refractivity contribution in [2.24, 2.45) is 0 Å². The van der Waals surface area contributed by atoms with E-state index in [2.05, 4.69) is 20.9 Å². The lowest BCUT2D eigenvalue weighted by molar-refractivity contribution is -0.132. The average Bonchev–Trinajstić information content (AvgIpc) is 3.56. The summed E-state index contributed by atoms with van der Waals surface area (Å²) in [6, 6.07) is 17.4. The highest BCUT2D eigenvalue weighted by atomic mass is 79.9. The van der Waals surface area contributed by atoms with Crippen LogP contribution in [0.2, 0.25) is 0 Å². The van der Waals surface area contributed by atoms with Crippen LogP contribution in [0.25, 0.3) is 16.0 Å². The summed E-state index contributed by atoms with van der Waals surface area (Å²) in [6.45, 7) is 4.42. The highest BCUT2D eigenvalue weighted by molar-refractivity contribution is 9.10. The largest absolute Gasteiger partial charge is 0.507 e. The third-order valence-corrected chi connectivity index (χ3v) is 8.15. The SMILES string of the molecule is CCOc1ccc2nc(N3C(=O)C(=O)C(=C(O)c4ccc5c(c4)C[C@H](C)O5)[C@@H]3c3cccc(Br)c3)sc2c1. The first-order valence-corrected chi connectivity index (χ1v) is 13.8. The van der Waals surface area contributed by atoms with Crippen molar-refractivity contribution in [2.75, 3.05) is 11.5 Å². The van der Waals surface area contributed by atoms with Crippen LogP contribution >= 0.6 is 27.3 Å². The lowest BCUT2D eigenvalue weighted by atomic mass is 9.94. The number of halogens is 1. The molecule has 0 spiro atoms. The number of Topliss-reactive ketones (excluding diaryl/α,β-unsaturated/α-hetero) is 1. The summed E-state index contributed by atoms with van der Waals surface area (Å²) in [5.74, 6) is -0.252. The summed E-state index contributed by atoms with van der Waals surface area (Å²) >= 11 is 4.80. The van der Waals surface area contributed by atoms with Gasteiger partial charge in [-0.1, -0.05) is 39.4 Å². The van der Waals surface area contributed by atoms with Crippen LogP contribution in [0, 0.1) is 0 Å². The summed E-state index contributed by atoms with van der Waals surface area (Å²) in [5, 5.41) is 11.9. The Hall–Kier alpha value is -3.69. The Balaban J connectivity index is 1.51. The van der Waals surface area contributed by atoms with Gasteiger partial charge in [0.1, 0.15) is 23.4 Å². The Kier molecular flexibility index (Phi) is 6.20. The minimum atomic E-state index is -0.858. The van der Waals surface area contributed by atoms with Gasteiger partial charge in [0, 0.05) is 16.5 Å². The van der Waals surface area contributed by atoms with Gasteiger partial charge in [0.2, 0.25) is 0 Å². The van der Waals surface area contributed by atoms with Crippen molar-refractivity contribution in [2.45, 2.75) is 32.4 Å². The van der Waals surface area contributed by atoms with Crippen LogP contribution in [0.15, 0.2) is 70.7 Å². The molecule has 1 saturated heterocycles. The Morgan fingerprint density at radius 2 is 2.03 bits per heavy atom. The van der Waals surface area contributed by atoms with Crippen molar-refractivity contribution in [3.8, 4) is 11.5 Å². The number of aromatic nitrogens is 1. The van der Waals surface area contributed by atoms with Crippen LogP contribution in [0.3, 0.4) is 0 Å². The summed E-state index contributed by atoms with van der Waals surface area (Å²) in [6.07, 6.45) is 0.742. The summed E-state index contributed by atoms with van der Waals surface area (Å²) in [5.41, 5.74) is 2.80. The topological polar surface area (TPSA) is 89.0 Å². The van der Waals surface area contributed by atoms with E-state index in [1.165, 1.54) is 16.2 Å². The van der Waals surface area contributed by atoms with Crippen LogP contribution < -0.4 is 14.4 Å². The van der Waals surface area contributed by atoms with Crippen molar-refractivity contribution in [1.82, 2.24) is 4.98 Å². The number of carbonyl (C=O) groups excluding carboxylic acids is 2. The molecule has 0 saturated carbocycles. The zero-order valence-electron chi connectivity index (χ0n) is 20.6. The molecule has 4 aromatic rings. The van der Waals surface area contributed by atoms with E-state index >= 15 is 0 Å². The monoisotopic (exact) mass is 590 g/mol. The molecule has 0 unspecified atom stereocenters. The molecular formula is C29H23BrN2O5S. The first kappa shape index (κ1) is 24.6. The van der Waals surface area contributed by atoms with Crippen molar-refractivity contribution >= 4 is 60.1 Å². The van der Waals surface area contributed by atoms with Gasteiger partial charge in [0.15, 0.2) is 5.13 Å². The van der Waals surface area contributed by atoms with Crippen LogP contribution in [0.1, 0.15) is 36.6 Å². The third kappa shape index (κ3) is 4.16. The Morgan fingerprint density at radius 1 is 1.18 bits per heavy atom. The van der Waals surface area contributed by atoms with E-state index in [-0.39, 0.29) is 17.4 Å². The molecule has 0 bridgehead atoms. The molecule has 9 heteroatoms. The van der Waals surface area contributed by atoms with Gasteiger partial charge < -0.3 is 14.6 Å². The summed E-state index contributed by atoms with van der Waals surface area (Å²) in [7, 11) is 0. The standard InChI is InChI=1S/C29H23BrN2O5S/c1-3-36-20-8-9-21-23(14-20)38-29(31-21)32-25(16-5-4-6-19(30)13-16)24(27(34)28(32)35)26(33)17-7-10-22-18(12-17)11-15(2)37-22/h4-10,12-15,25,33H,3,11H2,1-2H3/t15-,25-/m0/s1. The van der Waals surface area contributed by atoms with Gasteiger partial charge in [0.25, 0.3) is 5.78 Å². The normalized spacial score (nSPS) is 20.1. The number of thiazole rings is 1. The fourth-order valence-corrected chi connectivity index (χ4v) is 6.44. The number of hydrogen-bond acceptors (Lipinski definition) is 7. The van der Waals surface area contributed by atoms with E-state index in [4.69, 9.17) is 9.47 Å². The van der Waals surface area contributed by atoms with Crippen LogP contribution in [0.4, 0.5) is 5.13 Å². The maximum atomic E-state index is 13.5. The van der Waals surface area contributed by atoms with Gasteiger partial charge in [-0.2, -0.15) is 0 Å². The lowest BCUT2D eigenvalue weighted by Crippen LogP contribution is -2.29. The molecule has 1 amide bonds. The quantitative estimate of drug-likeness (QED) is 0.164. The highest BCUT2D eigenvalue weighted by Gasteiger charge is 2.48. The van der Waals surface area contributed by atoms with Gasteiger partial charge in [-0.05, 0) is 73.5 Å². The van der Waals surface area contributed by atoms with Crippen molar-refractivity contribution in [1.29, 1.82) is 0 Å². The number of anilines is 1. The number of hydrogen-bond donors (Lipinski definition) is 1. The number of aliphatic hydroxyl groups is 1. The molecule has 38 heavy (non-hydrogen) atoms. The smallest absolute Gasteiger partial charge is 0.301 e. The van der Waals surface area contributed by atoms with Crippen molar-refractivity contribution in [3.05, 3.63) is 87.4 Å². The minimum Gasteiger partial charge on any atom is -0.507 e. The van der Waals surface area contributed by atoms with E-state index in [9.17, 15) is 14.7 Å². The van der Waals surface area contributed by atoms with Crippen molar-refractivity contribution in [3.63, 3.8) is 0 Å². The summed E-state index contributed by atoms with van der Waals surface area (Å²) in [4.78, 5) is 33.1. The molecule has 1 aromatic heterocycles. The van der Waals surface area contributed by atoms with Crippen molar-refractivity contribution < 1.29 is 24.2 Å². The zero-order chi connectivity index (χ0) is 26.6. The van der Waals surface area contributed by atoms with Gasteiger partial charge in [-0.25, -0.2) is 4.98 Å². The number of aliphatic hydroxyl groups excluding tert-OH is 1. The fourth-order valence-electron chi connectivity index (χ4n) is 5.00. The number of ether oxygens (including phenoxy) is 2. The van der Waals surface area contributed by atoms with E-state index in [0.717, 1.165) is 20.5 Å². The minimum absolute atomic E-state index is 0.0225. The van der Waals surface area contributed by atoms with E-state index < -0.39 is 17.7 Å². The number of fused-ring (bicyclic) bond motifs is 2. The second-order valence-corrected chi connectivity index (χ2v) is 11.2. The van der Waals surface area contributed by atoms with E-state index in [0.29, 0.717) is 40.6 Å². The number of ketones is 1. The Bertz CT molecular complexity index is 1650. The van der Waals surface area contributed by atoms with Gasteiger partial charge >= 0.3 is 5.91 Å². The highest BCUT2D eigenvalue weighted by Crippen LogP contribution is 2.45. The van der Waals surface area contributed by atoms with E-state index in [1.54, 1.807) is 12.1 Å². The molecule has 1 fully saturated rings. The molecule has 2 aliphatic rings. The van der Waals surface area contributed by atoms with Crippen LogP contribution in [-0.4, -0.2) is 34.5 Å². The third-order valence-electron chi connectivity index (χ3n) is 6.64. The van der Waals surface area contributed by atoms with Gasteiger partial charge in [-0.3, -0.25) is 14.5 Å². The average molecular weight is 591 g/mol. The molecule has 7 nitrogen and oxygen atoms in total. The number of benzene rings is 3. The molecule has 3 aromatic carbocycles. The number of carbonyl (C=O) groups is 2. The molecule has 1 N–H and O–H groups in total. The first-order valence-electron chi connectivity index (χ1n) is 12.2. The molecule has 192 valence electrons. The second kappa shape index (κ2) is 9.56. The molecule has 3 heterocycles.